The first-order valence-electron chi connectivity index (χ1n) is 4.66. The highest BCUT2D eigenvalue weighted by atomic mass is 31.2. The summed E-state index contributed by atoms with van der Waals surface area (Å²) in [5.41, 5.74) is 0. The van der Waals surface area contributed by atoms with Crippen LogP contribution >= 0.6 is 7.82 Å². The number of phosphoric ester groups is 1. The molecule has 7 nitrogen and oxygen atoms in total. The Hall–Kier alpha value is -0.460. The van der Waals surface area contributed by atoms with Gasteiger partial charge in [0.25, 0.3) is 0 Å². The van der Waals surface area contributed by atoms with Crippen molar-refractivity contribution >= 4 is 13.8 Å². The smallest absolute Gasteiger partial charge is 0.475 e. The highest BCUT2D eigenvalue weighted by Gasteiger charge is 2.26. The van der Waals surface area contributed by atoms with Crippen molar-refractivity contribution in [3.63, 3.8) is 0 Å². The number of carboxylic acid groups (broad SMARTS) is 1. The number of aliphatic carboxylic acids is 1. The Balaban J connectivity index is 4.07. The van der Waals surface area contributed by atoms with Gasteiger partial charge in [0.1, 0.15) is 13.2 Å². The molecule has 0 rings (SSSR count). The molecule has 0 radical (unpaired) electrons. The zero-order chi connectivity index (χ0) is 12.8. The Morgan fingerprint density at radius 1 is 1.31 bits per heavy atom. The fraction of sp³-hybridized carbons (Fsp3) is 0.875. The van der Waals surface area contributed by atoms with E-state index >= 15 is 0 Å². The van der Waals surface area contributed by atoms with Crippen molar-refractivity contribution in [1.82, 2.24) is 0 Å². The summed E-state index contributed by atoms with van der Waals surface area (Å²) in [5.74, 6) is -1.23. The monoisotopic (exact) mass is 256 g/mol. The number of carbonyl (C=O) groups is 1. The molecule has 96 valence electrons. The van der Waals surface area contributed by atoms with E-state index in [-0.39, 0.29) is 6.61 Å². The van der Waals surface area contributed by atoms with Crippen molar-refractivity contribution in [2.45, 2.75) is 0 Å². The molecule has 0 aliphatic rings. The number of phosphoric acid groups is 1. The summed E-state index contributed by atoms with van der Waals surface area (Å²) in [4.78, 5) is 10.2. The van der Waals surface area contributed by atoms with Crippen LogP contribution in [0.1, 0.15) is 0 Å². The maximum absolute atomic E-state index is 11.6. The lowest BCUT2D eigenvalue weighted by molar-refractivity contribution is -0.870. The van der Waals surface area contributed by atoms with Crippen LogP contribution in [-0.4, -0.2) is 63.6 Å². The van der Waals surface area contributed by atoms with Gasteiger partial charge in [0.05, 0.1) is 21.1 Å². The van der Waals surface area contributed by atoms with Crippen LogP contribution < -0.4 is 0 Å². The Morgan fingerprint density at radius 3 is 2.25 bits per heavy atom. The average molecular weight is 256 g/mol. The Labute approximate surface area is 95.1 Å². The lowest BCUT2D eigenvalue weighted by atomic mass is 10.5. The molecular formula is C8H19NO6P+. The van der Waals surface area contributed by atoms with Gasteiger partial charge in [-0.2, -0.15) is 0 Å². The number of rotatable bonds is 8. The first kappa shape index (κ1) is 15.5. The zero-order valence-corrected chi connectivity index (χ0v) is 10.9. The average Bonchev–Trinajstić information content (AvgIpc) is 2.13. The first-order chi connectivity index (χ1) is 7.18. The normalized spacial score (nSPS) is 15.8. The van der Waals surface area contributed by atoms with Crippen LogP contribution in [0.5, 0.6) is 0 Å². The van der Waals surface area contributed by atoms with E-state index in [0.29, 0.717) is 11.0 Å². The van der Waals surface area contributed by atoms with Gasteiger partial charge in [0.2, 0.25) is 0 Å². The topological polar surface area (TPSA) is 82.1 Å². The zero-order valence-electron chi connectivity index (χ0n) is 10.0. The van der Waals surface area contributed by atoms with Crippen LogP contribution in [-0.2, 0) is 22.9 Å². The summed E-state index contributed by atoms with van der Waals surface area (Å²) in [6.07, 6.45) is 0. The fourth-order valence-corrected chi connectivity index (χ4v) is 1.56. The summed E-state index contributed by atoms with van der Waals surface area (Å²) in [6.45, 7) is 0.0491. The summed E-state index contributed by atoms with van der Waals surface area (Å²) in [5, 5.41) is 8.37. The largest absolute Gasteiger partial charge is 0.480 e. The van der Waals surface area contributed by atoms with E-state index in [1.54, 1.807) is 0 Å². The van der Waals surface area contributed by atoms with Gasteiger partial charge in [0, 0.05) is 7.11 Å². The van der Waals surface area contributed by atoms with Crippen molar-refractivity contribution in [3.8, 4) is 0 Å². The van der Waals surface area contributed by atoms with Gasteiger partial charge >= 0.3 is 13.8 Å². The third-order valence-electron chi connectivity index (χ3n) is 1.58. The maximum atomic E-state index is 11.6. The van der Waals surface area contributed by atoms with Crippen molar-refractivity contribution in [3.05, 3.63) is 0 Å². The summed E-state index contributed by atoms with van der Waals surface area (Å²) in [6, 6.07) is 0. The molecule has 0 aromatic carbocycles. The van der Waals surface area contributed by atoms with Gasteiger partial charge in [0.15, 0.2) is 6.61 Å². The van der Waals surface area contributed by atoms with Crippen molar-refractivity contribution in [1.29, 1.82) is 0 Å². The molecule has 0 aromatic rings. The molecule has 16 heavy (non-hydrogen) atoms. The van der Waals surface area contributed by atoms with Crippen LogP contribution in [0.15, 0.2) is 0 Å². The summed E-state index contributed by atoms with van der Waals surface area (Å²) < 4.78 is 26.3. The molecule has 0 aromatic heterocycles. The van der Waals surface area contributed by atoms with E-state index in [4.69, 9.17) is 9.63 Å². The molecular weight excluding hydrogens is 237 g/mol. The molecule has 0 bridgehead atoms. The minimum Gasteiger partial charge on any atom is -0.480 e. The van der Waals surface area contributed by atoms with Crippen LogP contribution in [0.3, 0.4) is 0 Å². The number of quaternary nitrogens is 1. The van der Waals surface area contributed by atoms with Gasteiger partial charge < -0.3 is 9.59 Å². The summed E-state index contributed by atoms with van der Waals surface area (Å²) in [7, 11) is 3.25. The lowest BCUT2D eigenvalue weighted by Crippen LogP contribution is -2.37. The van der Waals surface area contributed by atoms with Crippen LogP contribution in [0.25, 0.3) is 0 Å². The van der Waals surface area contributed by atoms with Crippen LogP contribution in [0, 0.1) is 0 Å². The highest BCUT2D eigenvalue weighted by Crippen LogP contribution is 2.48. The van der Waals surface area contributed by atoms with Gasteiger partial charge in [-0.05, 0) is 0 Å². The van der Waals surface area contributed by atoms with Gasteiger partial charge in [-0.15, -0.1) is 0 Å². The molecule has 0 amide bonds. The minimum absolute atomic E-state index is 0.161. The predicted molar refractivity (Wildman–Crippen MR) is 57.1 cm³/mol. The molecule has 1 N–H and O–H groups in total. The van der Waals surface area contributed by atoms with E-state index in [1.807, 2.05) is 21.1 Å². The maximum Gasteiger partial charge on any atom is 0.475 e. The molecule has 0 aliphatic heterocycles. The Morgan fingerprint density at radius 2 is 1.88 bits per heavy atom. The number of nitrogens with zero attached hydrogens (tertiary/aromatic N) is 1. The Kier molecular flexibility index (Phi) is 6.14. The van der Waals surface area contributed by atoms with Crippen LogP contribution in [0.2, 0.25) is 0 Å². The molecule has 0 spiro atoms. The van der Waals surface area contributed by atoms with E-state index in [1.165, 1.54) is 0 Å². The second-order valence-corrected chi connectivity index (χ2v) is 5.92. The van der Waals surface area contributed by atoms with Crippen molar-refractivity contribution in [2.75, 3.05) is 48.0 Å². The molecule has 1 atom stereocenters. The van der Waals surface area contributed by atoms with Gasteiger partial charge in [-0.25, -0.2) is 9.36 Å². The molecule has 0 saturated heterocycles. The van der Waals surface area contributed by atoms with Gasteiger partial charge in [-0.3, -0.25) is 13.6 Å². The lowest BCUT2D eigenvalue weighted by Gasteiger charge is -2.24. The number of likely N-dealkylation sites (N-methyl/N-ethyl adjacent to an activating group) is 1. The quantitative estimate of drug-likeness (QED) is 0.505. The standard InChI is InChI=1S/C8H18NO6P/c1-9(2,3)5-6-14-16(12,13-4)15-7-8(10)11/h5-7H2,1-4H3/p+1. The third-order valence-corrected chi connectivity index (χ3v) is 2.97. The van der Waals surface area contributed by atoms with E-state index < -0.39 is 20.4 Å². The van der Waals surface area contributed by atoms with Crippen molar-refractivity contribution in [2.24, 2.45) is 0 Å². The molecule has 0 saturated carbocycles. The molecule has 1 unspecified atom stereocenters. The number of hydrogen-bond acceptors (Lipinski definition) is 5. The first-order valence-corrected chi connectivity index (χ1v) is 6.12. The van der Waals surface area contributed by atoms with Gasteiger partial charge in [-0.1, -0.05) is 0 Å². The van der Waals surface area contributed by atoms with E-state index in [0.717, 1.165) is 7.11 Å². The molecule has 8 heteroatoms. The van der Waals surface area contributed by atoms with E-state index in [9.17, 15) is 9.36 Å². The highest BCUT2D eigenvalue weighted by molar-refractivity contribution is 7.48. The second-order valence-electron chi connectivity index (χ2n) is 4.14. The number of hydrogen-bond donors (Lipinski definition) is 1. The second kappa shape index (κ2) is 6.32. The molecule has 0 aliphatic carbocycles. The molecule has 0 heterocycles. The molecule has 0 fully saturated rings. The fourth-order valence-electron chi connectivity index (χ4n) is 0.703. The number of carboxylic acids is 1. The van der Waals surface area contributed by atoms with E-state index in [2.05, 4.69) is 9.05 Å². The summed E-state index contributed by atoms with van der Waals surface area (Å²) >= 11 is 0. The van der Waals surface area contributed by atoms with Crippen LogP contribution in [0.4, 0.5) is 0 Å². The van der Waals surface area contributed by atoms with Crippen molar-refractivity contribution < 1.29 is 32.5 Å². The third kappa shape index (κ3) is 7.78. The SMILES string of the molecule is COP(=O)(OCC[N+](C)(C)C)OCC(=O)O. The predicted octanol–water partition coefficient (Wildman–Crippen LogP) is 0.565. The minimum atomic E-state index is -3.73. The Bertz CT molecular complexity index is 274.